The largest absolute Gasteiger partial charge is 0.460 e. The van der Waals surface area contributed by atoms with Crippen LogP contribution in [0.25, 0.3) is 0 Å². The van der Waals surface area contributed by atoms with Crippen molar-refractivity contribution in [2.45, 2.75) is 20.5 Å². The second kappa shape index (κ2) is 9.13. The topological polar surface area (TPSA) is 56.8 Å². The highest BCUT2D eigenvalue weighted by Crippen LogP contribution is 2.58. The zero-order chi connectivity index (χ0) is 20.0. The Morgan fingerprint density at radius 1 is 1.14 bits per heavy atom. The monoisotopic (exact) mass is 401 g/mol. The molecule has 2 aromatic carbocycles. The number of benzene rings is 2. The molecule has 0 aromatic heterocycles. The number of hydrogen-bond acceptors (Lipinski definition) is 5. The van der Waals surface area contributed by atoms with Crippen molar-refractivity contribution < 1.29 is 19.1 Å². The molecular weight excluding hydrogens is 378 g/mol. The molecule has 1 atom stereocenters. The molecular formula is C22H24ClNO4. The average molecular weight is 402 g/mol. The van der Waals surface area contributed by atoms with Crippen LogP contribution in [0.4, 0.5) is 0 Å². The van der Waals surface area contributed by atoms with E-state index in [-0.39, 0.29) is 23.9 Å². The van der Waals surface area contributed by atoms with Gasteiger partial charge in [-0.2, -0.15) is 0 Å². The first-order valence-corrected chi connectivity index (χ1v) is 9.68. The van der Waals surface area contributed by atoms with Crippen LogP contribution in [-0.2, 0) is 21.0 Å². The van der Waals surface area contributed by atoms with E-state index in [2.05, 4.69) is 5.48 Å². The molecule has 1 aliphatic rings. The van der Waals surface area contributed by atoms with E-state index >= 15 is 0 Å². The molecule has 0 heterocycles. The van der Waals surface area contributed by atoms with Gasteiger partial charge in [0.1, 0.15) is 18.1 Å². The lowest BCUT2D eigenvalue weighted by atomic mass is 10.1. The molecule has 6 heteroatoms. The van der Waals surface area contributed by atoms with Crippen LogP contribution < -0.4 is 10.2 Å². The number of ether oxygens (including phenoxy) is 2. The van der Waals surface area contributed by atoms with Crippen molar-refractivity contribution in [1.29, 1.82) is 0 Å². The van der Waals surface area contributed by atoms with Gasteiger partial charge >= 0.3 is 5.97 Å². The number of hydroxylamine groups is 1. The molecule has 1 saturated carbocycles. The highest BCUT2D eigenvalue weighted by Gasteiger charge is 2.58. The molecule has 1 fully saturated rings. The smallest absolute Gasteiger partial charge is 0.314 e. The van der Waals surface area contributed by atoms with E-state index in [1.165, 1.54) is 0 Å². The van der Waals surface area contributed by atoms with Crippen LogP contribution in [0.15, 0.2) is 66.4 Å². The summed E-state index contributed by atoms with van der Waals surface area (Å²) in [6, 6.07) is 17.1. The third-order valence-corrected chi connectivity index (χ3v) is 4.82. The van der Waals surface area contributed by atoms with Crippen molar-refractivity contribution in [3.8, 4) is 11.5 Å². The molecule has 0 saturated heterocycles. The summed E-state index contributed by atoms with van der Waals surface area (Å²) < 4.78 is 11.3. The Morgan fingerprint density at radius 3 is 2.64 bits per heavy atom. The van der Waals surface area contributed by atoms with Gasteiger partial charge in [-0.25, -0.2) is 0 Å². The molecule has 0 spiro atoms. The van der Waals surface area contributed by atoms with Gasteiger partial charge in [0.25, 0.3) is 0 Å². The van der Waals surface area contributed by atoms with Crippen molar-refractivity contribution in [2.75, 3.05) is 12.5 Å². The molecule has 0 aliphatic heterocycles. The van der Waals surface area contributed by atoms with Crippen LogP contribution in [0.3, 0.4) is 0 Å². The predicted molar refractivity (Wildman–Crippen MR) is 108 cm³/mol. The first-order valence-electron chi connectivity index (χ1n) is 9.14. The number of para-hydroxylation sites is 1. The van der Waals surface area contributed by atoms with Gasteiger partial charge < -0.3 is 9.47 Å². The van der Waals surface area contributed by atoms with Gasteiger partial charge in [0.05, 0.1) is 12.5 Å². The molecule has 148 valence electrons. The minimum atomic E-state index is -0.275. The summed E-state index contributed by atoms with van der Waals surface area (Å²) >= 11 is 5.55. The lowest BCUT2D eigenvalue weighted by Gasteiger charge is -2.09. The summed E-state index contributed by atoms with van der Waals surface area (Å²) in [5.41, 5.74) is 4.30. The van der Waals surface area contributed by atoms with Crippen LogP contribution in [0.1, 0.15) is 19.4 Å². The van der Waals surface area contributed by atoms with Crippen molar-refractivity contribution in [3.63, 3.8) is 0 Å². The van der Waals surface area contributed by atoms with Gasteiger partial charge in [0.15, 0.2) is 0 Å². The maximum absolute atomic E-state index is 12.5. The zero-order valence-electron chi connectivity index (χ0n) is 16.0. The summed E-state index contributed by atoms with van der Waals surface area (Å²) in [5, 5.41) is 0. The number of alkyl halides is 1. The second-order valence-corrected chi connectivity index (χ2v) is 7.46. The minimum Gasteiger partial charge on any atom is -0.460 e. The highest BCUT2D eigenvalue weighted by molar-refractivity contribution is 6.17. The van der Waals surface area contributed by atoms with E-state index in [1.54, 1.807) is 6.20 Å². The Hall–Kier alpha value is -2.50. The molecule has 3 rings (SSSR count). The van der Waals surface area contributed by atoms with Crippen LogP contribution >= 0.6 is 11.6 Å². The number of hydrogen-bond donors (Lipinski definition) is 1. The number of esters is 1. The maximum Gasteiger partial charge on any atom is 0.314 e. The Kier molecular flexibility index (Phi) is 6.60. The zero-order valence-corrected chi connectivity index (χ0v) is 16.7. The fraction of sp³-hybridized carbons (Fsp3) is 0.318. The number of carbonyl (C=O) groups excluding carboxylic acids is 1. The van der Waals surface area contributed by atoms with E-state index in [1.807, 2.05) is 68.4 Å². The Morgan fingerprint density at radius 2 is 1.89 bits per heavy atom. The van der Waals surface area contributed by atoms with Crippen molar-refractivity contribution >= 4 is 17.6 Å². The highest BCUT2D eigenvalue weighted by atomic mass is 35.5. The number of carbonyl (C=O) groups is 1. The molecule has 2 aromatic rings. The predicted octanol–water partition coefficient (Wildman–Crippen LogP) is 4.82. The van der Waals surface area contributed by atoms with E-state index in [0.29, 0.717) is 18.2 Å². The third-order valence-electron chi connectivity index (χ3n) is 4.66. The SMILES string of the molecule is CC1(C)C(=CNOCCCl)[C@H]1C(=O)OCc1cccc(Oc2ccccc2)c1. The third kappa shape index (κ3) is 5.06. The average Bonchev–Trinajstić information content (AvgIpc) is 3.25. The Balaban J connectivity index is 1.54. The van der Waals surface area contributed by atoms with Crippen LogP contribution in [0.5, 0.6) is 11.5 Å². The van der Waals surface area contributed by atoms with Crippen molar-refractivity contribution in [1.82, 2.24) is 5.48 Å². The fourth-order valence-electron chi connectivity index (χ4n) is 3.04. The van der Waals surface area contributed by atoms with Gasteiger partial charge in [-0.1, -0.05) is 44.2 Å². The standard InChI is InChI=1S/C22H24ClNO4/c1-22(2)19(14-24-27-12-11-23)20(22)21(25)26-15-16-7-6-10-18(13-16)28-17-8-4-3-5-9-17/h3-10,13-14,20,24H,11-12,15H2,1-2H3/t20-/m0/s1. The van der Waals surface area contributed by atoms with Crippen LogP contribution in [0.2, 0.25) is 0 Å². The Labute approximate surface area is 170 Å². The van der Waals surface area contributed by atoms with E-state index < -0.39 is 0 Å². The quantitative estimate of drug-likeness (QED) is 0.282. The van der Waals surface area contributed by atoms with Crippen molar-refractivity contribution in [2.24, 2.45) is 11.3 Å². The number of halogens is 1. The summed E-state index contributed by atoms with van der Waals surface area (Å²) in [7, 11) is 0. The van der Waals surface area contributed by atoms with Crippen LogP contribution in [-0.4, -0.2) is 18.5 Å². The van der Waals surface area contributed by atoms with Crippen LogP contribution in [0, 0.1) is 11.3 Å². The molecule has 1 N–H and O–H groups in total. The summed E-state index contributed by atoms with van der Waals surface area (Å²) in [6.45, 7) is 4.59. The van der Waals surface area contributed by atoms with E-state index in [0.717, 1.165) is 16.9 Å². The van der Waals surface area contributed by atoms with Gasteiger partial charge in [0, 0.05) is 17.5 Å². The second-order valence-electron chi connectivity index (χ2n) is 7.08. The maximum atomic E-state index is 12.5. The summed E-state index contributed by atoms with van der Waals surface area (Å²) in [5.74, 6) is 1.34. The van der Waals surface area contributed by atoms with Gasteiger partial charge in [-0.05, 0) is 35.4 Å². The van der Waals surface area contributed by atoms with E-state index in [4.69, 9.17) is 25.9 Å². The number of rotatable bonds is 9. The molecule has 28 heavy (non-hydrogen) atoms. The first-order chi connectivity index (χ1) is 13.5. The summed E-state index contributed by atoms with van der Waals surface area (Å²) in [6.07, 6.45) is 1.72. The summed E-state index contributed by atoms with van der Waals surface area (Å²) in [4.78, 5) is 17.6. The molecule has 0 bridgehead atoms. The lowest BCUT2D eigenvalue weighted by molar-refractivity contribution is -0.147. The minimum absolute atomic E-state index is 0.195. The molecule has 1 aliphatic carbocycles. The number of nitrogens with one attached hydrogen (secondary N) is 1. The van der Waals surface area contributed by atoms with Crippen molar-refractivity contribution in [3.05, 3.63) is 71.9 Å². The van der Waals surface area contributed by atoms with Gasteiger partial charge in [-0.15, -0.1) is 11.6 Å². The Bertz CT molecular complexity index is 835. The first kappa shape index (κ1) is 20.2. The van der Waals surface area contributed by atoms with Gasteiger partial charge in [0.2, 0.25) is 0 Å². The van der Waals surface area contributed by atoms with E-state index in [9.17, 15) is 4.79 Å². The molecule has 0 amide bonds. The normalized spacial score (nSPS) is 18.5. The molecule has 5 nitrogen and oxygen atoms in total. The fourth-order valence-corrected chi connectivity index (χ4v) is 3.11. The molecule has 0 radical (unpaired) electrons. The molecule has 0 unspecified atom stereocenters. The van der Waals surface area contributed by atoms with Gasteiger partial charge in [-0.3, -0.25) is 15.1 Å². The lowest BCUT2D eigenvalue weighted by Crippen LogP contribution is -2.11.